The van der Waals surface area contributed by atoms with E-state index in [1.54, 1.807) is 13.0 Å². The first-order valence-corrected chi connectivity index (χ1v) is 9.37. The van der Waals surface area contributed by atoms with Gasteiger partial charge in [-0.15, -0.1) is 0 Å². The second kappa shape index (κ2) is 8.98. The second-order valence-corrected chi connectivity index (χ2v) is 6.94. The molecule has 0 spiro atoms. The van der Waals surface area contributed by atoms with Gasteiger partial charge in [-0.3, -0.25) is 20.4 Å². The van der Waals surface area contributed by atoms with Crippen LogP contribution in [0.5, 0.6) is 5.75 Å². The van der Waals surface area contributed by atoms with Crippen molar-refractivity contribution in [2.24, 2.45) is 0 Å². The SMILES string of the molecule is COc1cc(Cl)ccc1C(=O)NNC(=O)c1c(C)nn(Cc2ccccc2)c1Cl. The average Bonchev–Trinajstić information content (AvgIpc) is 2.99. The Bertz CT molecular complexity index is 1050. The van der Waals surface area contributed by atoms with Crippen LogP contribution in [0.3, 0.4) is 0 Å². The number of halogens is 2. The number of nitrogens with one attached hydrogen (secondary N) is 2. The molecule has 0 radical (unpaired) electrons. The Hall–Kier alpha value is -3.03. The number of carbonyl (C=O) groups excluding carboxylic acids is 2. The van der Waals surface area contributed by atoms with Crippen LogP contribution in [0.2, 0.25) is 10.2 Å². The quantitative estimate of drug-likeness (QED) is 0.602. The summed E-state index contributed by atoms with van der Waals surface area (Å²) in [6.07, 6.45) is 0. The van der Waals surface area contributed by atoms with Crippen molar-refractivity contribution in [3.05, 3.63) is 81.1 Å². The number of carbonyl (C=O) groups is 2. The monoisotopic (exact) mass is 432 g/mol. The van der Waals surface area contributed by atoms with Crippen molar-refractivity contribution in [3.8, 4) is 5.75 Å². The molecule has 0 aliphatic carbocycles. The van der Waals surface area contributed by atoms with Gasteiger partial charge in [0, 0.05) is 5.02 Å². The maximum absolute atomic E-state index is 12.6. The zero-order valence-corrected chi connectivity index (χ0v) is 17.2. The summed E-state index contributed by atoms with van der Waals surface area (Å²) in [6, 6.07) is 14.2. The first kappa shape index (κ1) is 20.7. The molecular formula is C20H18Cl2N4O3. The molecule has 0 unspecified atom stereocenters. The van der Waals surface area contributed by atoms with Crippen LogP contribution in [0, 0.1) is 6.92 Å². The Morgan fingerprint density at radius 1 is 1.07 bits per heavy atom. The van der Waals surface area contributed by atoms with Crippen LogP contribution in [0.1, 0.15) is 32.0 Å². The molecule has 2 N–H and O–H groups in total. The lowest BCUT2D eigenvalue weighted by molar-refractivity contribution is 0.0844. The van der Waals surface area contributed by atoms with Gasteiger partial charge in [-0.2, -0.15) is 5.10 Å². The van der Waals surface area contributed by atoms with Crippen molar-refractivity contribution in [1.82, 2.24) is 20.6 Å². The summed E-state index contributed by atoms with van der Waals surface area (Å²) in [7, 11) is 1.42. The Kier molecular flexibility index (Phi) is 6.41. The van der Waals surface area contributed by atoms with Crippen LogP contribution in [0.4, 0.5) is 0 Å². The number of ether oxygens (including phenoxy) is 1. The fourth-order valence-electron chi connectivity index (χ4n) is 2.77. The molecule has 3 rings (SSSR count). The molecule has 0 aliphatic rings. The molecule has 3 aromatic rings. The van der Waals surface area contributed by atoms with E-state index in [1.807, 2.05) is 30.3 Å². The number of nitrogens with zero attached hydrogens (tertiary/aromatic N) is 2. The van der Waals surface area contributed by atoms with Crippen LogP contribution in [0.15, 0.2) is 48.5 Å². The van der Waals surface area contributed by atoms with Gasteiger partial charge in [0.1, 0.15) is 16.5 Å². The number of hydrogen-bond donors (Lipinski definition) is 2. The number of rotatable bonds is 5. The summed E-state index contributed by atoms with van der Waals surface area (Å²) < 4.78 is 6.68. The molecule has 2 aromatic carbocycles. The van der Waals surface area contributed by atoms with E-state index < -0.39 is 11.8 Å². The van der Waals surface area contributed by atoms with Crippen molar-refractivity contribution < 1.29 is 14.3 Å². The fourth-order valence-corrected chi connectivity index (χ4v) is 3.25. The molecule has 29 heavy (non-hydrogen) atoms. The van der Waals surface area contributed by atoms with E-state index >= 15 is 0 Å². The van der Waals surface area contributed by atoms with Crippen LogP contribution in [0.25, 0.3) is 0 Å². The van der Waals surface area contributed by atoms with E-state index in [1.165, 1.54) is 23.9 Å². The van der Waals surface area contributed by atoms with E-state index in [0.29, 0.717) is 17.3 Å². The number of aromatic nitrogens is 2. The number of hydrazine groups is 1. The van der Waals surface area contributed by atoms with Gasteiger partial charge in [-0.1, -0.05) is 53.5 Å². The Labute approximate surface area is 177 Å². The lowest BCUT2D eigenvalue weighted by Crippen LogP contribution is -2.42. The number of amides is 2. The Morgan fingerprint density at radius 3 is 2.45 bits per heavy atom. The van der Waals surface area contributed by atoms with Gasteiger partial charge < -0.3 is 4.74 Å². The number of aryl methyl sites for hydroxylation is 1. The van der Waals surface area contributed by atoms with Crippen molar-refractivity contribution in [2.45, 2.75) is 13.5 Å². The van der Waals surface area contributed by atoms with Crippen molar-refractivity contribution >= 4 is 35.0 Å². The minimum absolute atomic E-state index is 0.183. The molecule has 0 atom stereocenters. The third-order valence-corrected chi connectivity index (χ3v) is 4.78. The first-order chi connectivity index (χ1) is 13.9. The highest BCUT2D eigenvalue weighted by Gasteiger charge is 2.21. The zero-order valence-electron chi connectivity index (χ0n) is 15.7. The number of hydrogen-bond acceptors (Lipinski definition) is 4. The number of benzene rings is 2. The average molecular weight is 433 g/mol. The predicted octanol–water partition coefficient (Wildman–Crippen LogP) is 3.63. The molecule has 0 fully saturated rings. The second-order valence-electron chi connectivity index (χ2n) is 6.15. The van der Waals surface area contributed by atoms with Gasteiger partial charge >= 0.3 is 0 Å². The topological polar surface area (TPSA) is 85.2 Å². The van der Waals surface area contributed by atoms with Crippen LogP contribution in [-0.4, -0.2) is 28.7 Å². The van der Waals surface area contributed by atoms with E-state index in [4.69, 9.17) is 27.9 Å². The largest absolute Gasteiger partial charge is 0.496 e. The summed E-state index contributed by atoms with van der Waals surface area (Å²) in [4.78, 5) is 25.0. The van der Waals surface area contributed by atoms with E-state index in [-0.39, 0.29) is 22.0 Å². The lowest BCUT2D eigenvalue weighted by atomic mass is 10.2. The molecule has 0 saturated heterocycles. The van der Waals surface area contributed by atoms with E-state index in [9.17, 15) is 9.59 Å². The van der Waals surface area contributed by atoms with Crippen molar-refractivity contribution in [2.75, 3.05) is 7.11 Å². The maximum Gasteiger partial charge on any atom is 0.274 e. The first-order valence-electron chi connectivity index (χ1n) is 8.61. The summed E-state index contributed by atoms with van der Waals surface area (Å²) in [5, 5.41) is 4.93. The molecule has 1 aromatic heterocycles. The van der Waals surface area contributed by atoms with E-state index in [0.717, 1.165) is 5.56 Å². The Balaban J connectivity index is 1.72. The summed E-state index contributed by atoms with van der Waals surface area (Å²) >= 11 is 12.3. The van der Waals surface area contributed by atoms with Crippen LogP contribution in [-0.2, 0) is 6.54 Å². The summed E-state index contributed by atoms with van der Waals surface area (Å²) in [5.74, 6) is -0.848. The van der Waals surface area contributed by atoms with Gasteiger partial charge in [0.2, 0.25) is 0 Å². The van der Waals surface area contributed by atoms with Gasteiger partial charge in [0.05, 0.1) is 24.9 Å². The lowest BCUT2D eigenvalue weighted by Gasteiger charge is -2.10. The smallest absolute Gasteiger partial charge is 0.274 e. The van der Waals surface area contributed by atoms with Crippen molar-refractivity contribution in [1.29, 1.82) is 0 Å². The van der Waals surface area contributed by atoms with Crippen LogP contribution >= 0.6 is 23.2 Å². The standard InChI is InChI=1S/C20H18Cl2N4O3/c1-12-17(18(22)26(25-12)11-13-6-4-3-5-7-13)20(28)24-23-19(27)15-9-8-14(21)10-16(15)29-2/h3-10H,11H2,1-2H3,(H,23,27)(H,24,28). The molecular weight excluding hydrogens is 415 g/mol. The van der Waals surface area contributed by atoms with Gasteiger partial charge in [-0.25, -0.2) is 4.68 Å². The minimum Gasteiger partial charge on any atom is -0.496 e. The third-order valence-electron chi connectivity index (χ3n) is 4.17. The molecule has 9 heteroatoms. The predicted molar refractivity (Wildman–Crippen MR) is 110 cm³/mol. The highest BCUT2D eigenvalue weighted by molar-refractivity contribution is 6.33. The van der Waals surface area contributed by atoms with Gasteiger partial charge in [0.25, 0.3) is 11.8 Å². The molecule has 1 heterocycles. The van der Waals surface area contributed by atoms with Gasteiger partial charge in [0.15, 0.2) is 0 Å². The molecule has 0 aliphatic heterocycles. The van der Waals surface area contributed by atoms with Crippen LogP contribution < -0.4 is 15.6 Å². The highest BCUT2D eigenvalue weighted by atomic mass is 35.5. The maximum atomic E-state index is 12.6. The molecule has 7 nitrogen and oxygen atoms in total. The highest BCUT2D eigenvalue weighted by Crippen LogP contribution is 2.23. The fraction of sp³-hybridized carbons (Fsp3) is 0.150. The van der Waals surface area contributed by atoms with E-state index in [2.05, 4.69) is 16.0 Å². The minimum atomic E-state index is -0.576. The Morgan fingerprint density at radius 2 is 1.76 bits per heavy atom. The normalized spacial score (nSPS) is 10.5. The third kappa shape index (κ3) is 4.70. The molecule has 0 saturated carbocycles. The summed E-state index contributed by atoms with van der Waals surface area (Å²) in [6.45, 7) is 2.09. The summed E-state index contributed by atoms with van der Waals surface area (Å²) in [5.41, 5.74) is 6.55. The molecule has 2 amide bonds. The van der Waals surface area contributed by atoms with Crippen molar-refractivity contribution in [3.63, 3.8) is 0 Å². The molecule has 0 bridgehead atoms. The van der Waals surface area contributed by atoms with Gasteiger partial charge in [-0.05, 0) is 30.7 Å². The number of methoxy groups -OCH3 is 1. The zero-order chi connectivity index (χ0) is 21.0. The molecule has 150 valence electrons.